The highest BCUT2D eigenvalue weighted by Gasteiger charge is 2.57. The first kappa shape index (κ1) is 28.8. The molecule has 204 valence electrons. The fraction of sp³-hybridized carbons (Fsp3) is 0.429. The lowest BCUT2D eigenvalue weighted by atomic mass is 9.93. The summed E-state index contributed by atoms with van der Waals surface area (Å²) >= 11 is 0. The van der Waals surface area contributed by atoms with Crippen molar-refractivity contribution in [2.75, 3.05) is 39.8 Å². The van der Waals surface area contributed by atoms with E-state index in [1.165, 1.54) is 14.2 Å². The molecule has 2 aromatic rings. The minimum absolute atomic E-state index is 0.0337. The van der Waals surface area contributed by atoms with Crippen molar-refractivity contribution in [3.63, 3.8) is 0 Å². The van der Waals surface area contributed by atoms with Crippen LogP contribution < -0.4 is 10.2 Å². The van der Waals surface area contributed by atoms with Gasteiger partial charge in [-0.1, -0.05) is 67.5 Å². The van der Waals surface area contributed by atoms with Crippen molar-refractivity contribution in [1.82, 2.24) is 10.4 Å². The van der Waals surface area contributed by atoms with Crippen LogP contribution in [0.15, 0.2) is 58.8 Å². The van der Waals surface area contributed by atoms with Gasteiger partial charge in [0, 0.05) is 36.3 Å². The van der Waals surface area contributed by atoms with Crippen molar-refractivity contribution in [2.45, 2.75) is 39.8 Å². The topological polar surface area (TPSA) is 105 Å². The molecule has 0 spiro atoms. The summed E-state index contributed by atoms with van der Waals surface area (Å²) in [6.07, 6.45) is 0. The Bertz CT molecular complexity index is 1220. The van der Waals surface area contributed by atoms with Gasteiger partial charge in [0.2, 0.25) is 5.91 Å². The molecule has 1 aliphatic rings. The number of likely N-dealkylation sites (N-methyl/N-ethyl adjacent to an activating group) is 1. The molecule has 10 heteroatoms. The van der Waals surface area contributed by atoms with Crippen LogP contribution in [-0.4, -0.2) is 63.2 Å². The van der Waals surface area contributed by atoms with Gasteiger partial charge in [0.05, 0.1) is 19.4 Å². The molecule has 10 nitrogen and oxygen atoms in total. The lowest BCUT2D eigenvalue weighted by molar-refractivity contribution is -0.125. The second-order valence-corrected chi connectivity index (χ2v) is 10.0. The van der Waals surface area contributed by atoms with E-state index in [1.807, 2.05) is 75.2 Å². The molecular formula is C28H37N5O5. The highest BCUT2D eigenvalue weighted by Crippen LogP contribution is 2.44. The Balaban J connectivity index is 1.81. The predicted molar refractivity (Wildman–Crippen MR) is 147 cm³/mol. The van der Waals surface area contributed by atoms with Gasteiger partial charge >= 0.3 is 0 Å². The summed E-state index contributed by atoms with van der Waals surface area (Å²) in [7, 11) is 6.32. The fourth-order valence-electron chi connectivity index (χ4n) is 4.29. The Kier molecular flexibility index (Phi) is 8.90. The van der Waals surface area contributed by atoms with Crippen molar-refractivity contribution in [1.29, 1.82) is 0 Å². The van der Waals surface area contributed by atoms with Crippen LogP contribution in [0.25, 0.3) is 0 Å². The molecule has 0 aliphatic carbocycles. The minimum Gasteiger partial charge on any atom is -0.398 e. The zero-order valence-electron chi connectivity index (χ0n) is 23.4. The van der Waals surface area contributed by atoms with E-state index in [0.29, 0.717) is 17.8 Å². The molecule has 1 aliphatic heterocycles. The Labute approximate surface area is 224 Å². The van der Waals surface area contributed by atoms with E-state index < -0.39 is 11.0 Å². The third-order valence-electron chi connectivity index (χ3n) is 6.51. The van der Waals surface area contributed by atoms with Crippen molar-refractivity contribution in [2.24, 2.45) is 15.7 Å². The summed E-state index contributed by atoms with van der Waals surface area (Å²) in [6, 6.07) is 15.1. The molecular weight excluding hydrogens is 486 g/mol. The van der Waals surface area contributed by atoms with E-state index in [2.05, 4.69) is 15.6 Å². The summed E-state index contributed by atoms with van der Waals surface area (Å²) in [5.41, 5.74) is 2.89. The quantitative estimate of drug-likeness (QED) is 0.291. The molecule has 1 heterocycles. The van der Waals surface area contributed by atoms with Crippen LogP contribution in [-0.2, 0) is 36.2 Å². The van der Waals surface area contributed by atoms with E-state index in [4.69, 9.17) is 14.5 Å². The van der Waals surface area contributed by atoms with E-state index in [9.17, 15) is 9.59 Å². The van der Waals surface area contributed by atoms with E-state index in [-0.39, 0.29) is 24.1 Å². The number of oxime groups is 2. The van der Waals surface area contributed by atoms with Gasteiger partial charge in [0.1, 0.15) is 19.3 Å². The Morgan fingerprint density at radius 3 is 2.29 bits per heavy atom. The third-order valence-corrected chi connectivity index (χ3v) is 6.51. The van der Waals surface area contributed by atoms with Crippen molar-refractivity contribution in [3.8, 4) is 0 Å². The monoisotopic (exact) mass is 523 g/mol. The van der Waals surface area contributed by atoms with Gasteiger partial charge in [-0.05, 0) is 24.6 Å². The Morgan fingerprint density at radius 2 is 1.74 bits per heavy atom. The maximum absolute atomic E-state index is 12.7. The van der Waals surface area contributed by atoms with Crippen LogP contribution in [0.4, 0.5) is 5.69 Å². The lowest BCUT2D eigenvalue weighted by Crippen LogP contribution is -2.36. The highest BCUT2D eigenvalue weighted by molar-refractivity contribution is 6.45. The van der Waals surface area contributed by atoms with Crippen LogP contribution in [0.2, 0.25) is 0 Å². The fourth-order valence-corrected chi connectivity index (χ4v) is 4.29. The molecule has 0 saturated carbocycles. The molecule has 0 bridgehead atoms. The average Bonchev–Trinajstić information content (AvgIpc) is 3.66. The van der Waals surface area contributed by atoms with Gasteiger partial charge in [0.15, 0.2) is 5.71 Å². The third kappa shape index (κ3) is 5.87. The Morgan fingerprint density at radius 1 is 1.08 bits per heavy atom. The molecule has 2 amide bonds. The van der Waals surface area contributed by atoms with Crippen LogP contribution >= 0.6 is 0 Å². The summed E-state index contributed by atoms with van der Waals surface area (Å²) in [5, 5.41) is 12.7. The molecule has 2 aromatic carbocycles. The minimum atomic E-state index is -0.579. The van der Waals surface area contributed by atoms with Gasteiger partial charge in [-0.25, -0.2) is 0 Å². The number of nitrogens with zero attached hydrogens (tertiary/aromatic N) is 4. The van der Waals surface area contributed by atoms with Gasteiger partial charge in [-0.3, -0.25) is 9.59 Å². The number of carbonyl (C=O) groups excluding carboxylic acids is 2. The predicted octanol–water partition coefficient (Wildman–Crippen LogP) is 3.46. The molecule has 1 fully saturated rings. The number of hydroxylamine groups is 2. The molecule has 1 saturated heterocycles. The van der Waals surface area contributed by atoms with Crippen molar-refractivity contribution in [3.05, 3.63) is 65.2 Å². The smallest absolute Gasteiger partial charge is 0.273 e. The van der Waals surface area contributed by atoms with E-state index in [0.717, 1.165) is 16.8 Å². The largest absolute Gasteiger partial charge is 0.398 e. The Hall–Kier alpha value is -3.76. The first-order valence-corrected chi connectivity index (χ1v) is 12.3. The second kappa shape index (κ2) is 11.7. The van der Waals surface area contributed by atoms with Crippen LogP contribution in [0.5, 0.6) is 0 Å². The van der Waals surface area contributed by atoms with Gasteiger partial charge in [-0.15, -0.1) is 0 Å². The number of anilines is 1. The molecule has 0 radical (unpaired) electrons. The number of carbonyl (C=O) groups is 2. The summed E-state index contributed by atoms with van der Waals surface area (Å²) in [5.74, 6) is -0.337. The molecule has 3 rings (SSSR count). The van der Waals surface area contributed by atoms with Gasteiger partial charge in [-0.2, -0.15) is 5.06 Å². The van der Waals surface area contributed by atoms with Gasteiger partial charge < -0.3 is 24.7 Å². The van der Waals surface area contributed by atoms with E-state index >= 15 is 0 Å². The van der Waals surface area contributed by atoms with Crippen LogP contribution in [0.1, 0.15) is 44.4 Å². The first-order valence-electron chi connectivity index (χ1n) is 12.3. The normalized spacial score (nSPS) is 19.5. The van der Waals surface area contributed by atoms with Crippen LogP contribution in [0.3, 0.4) is 0 Å². The van der Waals surface area contributed by atoms with Crippen molar-refractivity contribution < 1.29 is 24.1 Å². The summed E-state index contributed by atoms with van der Waals surface area (Å²) in [6.45, 7) is 8.31. The molecule has 1 N–H and O–H groups in total. The standard InChI is InChI=1S/C28H37N5O5/c1-19(30-38-17-20-11-9-10-12-23(20)24(31-36-7)25(34)29-5)28(18-33(28)37-8)21-13-15-22(16-14-21)32(6)26(35)27(2,3)4/h9-16H,17-18H2,1-8H3,(H,29,34)/b30-19+,31-24+. The molecule has 0 aromatic heterocycles. The van der Waals surface area contributed by atoms with Crippen molar-refractivity contribution >= 4 is 28.9 Å². The number of hydrogen-bond acceptors (Lipinski definition) is 8. The van der Waals surface area contributed by atoms with Crippen LogP contribution in [0, 0.1) is 5.41 Å². The number of benzene rings is 2. The van der Waals surface area contributed by atoms with Gasteiger partial charge in [0.25, 0.3) is 5.91 Å². The second-order valence-electron chi connectivity index (χ2n) is 10.0. The highest BCUT2D eigenvalue weighted by atomic mass is 16.7. The molecule has 2 atom stereocenters. The number of amides is 2. The number of hydrogen-bond donors (Lipinski definition) is 1. The zero-order valence-corrected chi connectivity index (χ0v) is 23.4. The maximum atomic E-state index is 12.7. The number of nitrogens with one attached hydrogen (secondary N) is 1. The number of rotatable bonds is 10. The molecule has 38 heavy (non-hydrogen) atoms. The SMILES string of the molecule is CNC(=O)/C(=N/OC)c1ccccc1CO/N=C(\C)C1(c2ccc(N(C)C(=O)C(C)(C)C)cc2)CN1OC. The lowest BCUT2D eigenvalue weighted by Gasteiger charge is -2.26. The summed E-state index contributed by atoms with van der Waals surface area (Å²) < 4.78 is 0. The molecule has 2 unspecified atom stereocenters. The van der Waals surface area contributed by atoms with E-state index in [1.54, 1.807) is 25.1 Å². The maximum Gasteiger partial charge on any atom is 0.273 e. The zero-order chi connectivity index (χ0) is 28.1. The average molecular weight is 524 g/mol. The first-order chi connectivity index (χ1) is 18.0. The summed E-state index contributed by atoms with van der Waals surface area (Å²) in [4.78, 5) is 42.9.